The van der Waals surface area contributed by atoms with Crippen molar-refractivity contribution >= 4 is 12.2 Å². The van der Waals surface area contributed by atoms with E-state index in [4.69, 9.17) is 9.47 Å². The van der Waals surface area contributed by atoms with E-state index in [1.165, 1.54) is 0 Å². The van der Waals surface area contributed by atoms with Crippen molar-refractivity contribution in [3.8, 4) is 0 Å². The maximum atomic E-state index is 11.9. The molecule has 0 aromatic rings. The molecule has 0 aromatic carbocycles. The molecule has 2 fully saturated rings. The number of alkyl carbamates (subject to hydrolysis) is 2. The lowest BCUT2D eigenvalue weighted by atomic mass is 9.69. The van der Waals surface area contributed by atoms with Crippen LogP contribution in [0.5, 0.6) is 0 Å². The van der Waals surface area contributed by atoms with E-state index in [0.29, 0.717) is 19.1 Å². The molecule has 2 bridgehead atoms. The molecule has 2 aliphatic rings. The van der Waals surface area contributed by atoms with Gasteiger partial charge in [0.05, 0.1) is 25.3 Å². The van der Waals surface area contributed by atoms with Gasteiger partial charge >= 0.3 is 12.2 Å². The maximum Gasteiger partial charge on any atom is 0.407 e. The van der Waals surface area contributed by atoms with Gasteiger partial charge in [-0.3, -0.25) is 0 Å². The summed E-state index contributed by atoms with van der Waals surface area (Å²) in [4.78, 5) is 23.8. The average molecular weight is 312 g/mol. The molecule has 4 atom stereocenters. The van der Waals surface area contributed by atoms with E-state index in [-0.39, 0.29) is 22.9 Å². The molecule has 0 spiro atoms. The van der Waals surface area contributed by atoms with Crippen molar-refractivity contribution in [3.05, 3.63) is 0 Å². The van der Waals surface area contributed by atoms with Gasteiger partial charge in [-0.2, -0.15) is 0 Å². The molecule has 126 valence electrons. The molecule has 0 unspecified atom stereocenters. The van der Waals surface area contributed by atoms with Crippen LogP contribution in [0.25, 0.3) is 0 Å². The molecular formula is C16H28N2O4. The van der Waals surface area contributed by atoms with Gasteiger partial charge in [-0.25, -0.2) is 9.59 Å². The molecule has 0 aromatic heterocycles. The Morgan fingerprint density at radius 1 is 1.05 bits per heavy atom. The van der Waals surface area contributed by atoms with E-state index in [1.807, 2.05) is 0 Å². The van der Waals surface area contributed by atoms with E-state index >= 15 is 0 Å². The average Bonchev–Trinajstić information content (AvgIpc) is 2.73. The van der Waals surface area contributed by atoms with Crippen LogP contribution in [0.1, 0.15) is 47.5 Å². The number of nitrogens with one attached hydrogen (secondary N) is 2. The molecule has 2 N–H and O–H groups in total. The van der Waals surface area contributed by atoms with E-state index in [9.17, 15) is 9.59 Å². The molecule has 2 amide bonds. The Hall–Kier alpha value is -1.46. The van der Waals surface area contributed by atoms with Crippen molar-refractivity contribution in [1.29, 1.82) is 0 Å². The molecule has 0 aliphatic heterocycles. The Morgan fingerprint density at radius 2 is 1.59 bits per heavy atom. The molecule has 6 heteroatoms. The van der Waals surface area contributed by atoms with Gasteiger partial charge in [-0.1, -0.05) is 20.8 Å². The first kappa shape index (κ1) is 16.9. The topological polar surface area (TPSA) is 76.7 Å². The third-order valence-corrected chi connectivity index (χ3v) is 5.96. The number of hydrogen-bond donors (Lipinski definition) is 2. The minimum atomic E-state index is -0.423. The first-order valence-electron chi connectivity index (χ1n) is 8.14. The Morgan fingerprint density at radius 3 is 2.14 bits per heavy atom. The van der Waals surface area contributed by atoms with Crippen molar-refractivity contribution in [2.75, 3.05) is 13.2 Å². The molecule has 22 heavy (non-hydrogen) atoms. The molecule has 2 saturated carbocycles. The summed E-state index contributed by atoms with van der Waals surface area (Å²) in [7, 11) is 0. The predicted molar refractivity (Wildman–Crippen MR) is 82.5 cm³/mol. The van der Waals surface area contributed by atoms with Crippen LogP contribution in [0.2, 0.25) is 0 Å². The lowest BCUT2D eigenvalue weighted by Crippen LogP contribution is -2.57. The third kappa shape index (κ3) is 2.52. The van der Waals surface area contributed by atoms with Crippen LogP contribution in [0.3, 0.4) is 0 Å². The lowest BCUT2D eigenvalue weighted by Gasteiger charge is -2.40. The first-order valence-corrected chi connectivity index (χ1v) is 8.14. The highest BCUT2D eigenvalue weighted by molar-refractivity contribution is 5.70. The van der Waals surface area contributed by atoms with Crippen LogP contribution >= 0.6 is 0 Å². The summed E-state index contributed by atoms with van der Waals surface area (Å²) in [5.74, 6) is 0.314. The summed E-state index contributed by atoms with van der Waals surface area (Å²) in [6.45, 7) is 10.9. The third-order valence-electron chi connectivity index (χ3n) is 5.96. The van der Waals surface area contributed by atoms with E-state index in [2.05, 4.69) is 31.4 Å². The fourth-order valence-corrected chi connectivity index (χ4v) is 4.42. The second-order valence-electron chi connectivity index (χ2n) is 7.02. The summed E-state index contributed by atoms with van der Waals surface area (Å²) in [5, 5.41) is 5.93. The minimum Gasteiger partial charge on any atom is -0.450 e. The highest BCUT2D eigenvalue weighted by atomic mass is 16.6. The normalized spacial score (nSPS) is 35.0. The van der Waals surface area contributed by atoms with Gasteiger partial charge in [0.25, 0.3) is 0 Å². The van der Waals surface area contributed by atoms with Gasteiger partial charge in [0.15, 0.2) is 0 Å². The van der Waals surface area contributed by atoms with Crippen LogP contribution < -0.4 is 10.6 Å². The number of fused-ring (bicyclic) bond motifs is 2. The Bertz CT molecular complexity index is 451. The summed E-state index contributed by atoms with van der Waals surface area (Å²) < 4.78 is 10.1. The molecule has 0 radical (unpaired) electrons. The SMILES string of the molecule is CCOC(=O)N[C@H]1[C@H]2CC[C@@](C)([C@@H]1NC(=O)OCC)C2(C)C. The van der Waals surface area contributed by atoms with Gasteiger partial charge in [0.2, 0.25) is 0 Å². The molecular weight excluding hydrogens is 284 g/mol. The Kier molecular flexibility index (Phi) is 4.59. The van der Waals surface area contributed by atoms with Crippen LogP contribution in [0.4, 0.5) is 9.59 Å². The summed E-state index contributed by atoms with van der Waals surface area (Å²) in [5.41, 5.74) is -0.0457. The quantitative estimate of drug-likeness (QED) is 0.836. The number of rotatable bonds is 4. The van der Waals surface area contributed by atoms with Gasteiger partial charge in [0.1, 0.15) is 0 Å². The maximum absolute atomic E-state index is 11.9. The smallest absolute Gasteiger partial charge is 0.407 e. The number of carbonyl (C=O) groups excluding carboxylic acids is 2. The fourth-order valence-electron chi connectivity index (χ4n) is 4.42. The number of amides is 2. The second kappa shape index (κ2) is 5.97. The molecule has 0 heterocycles. The standard InChI is InChI=1S/C16H28N2O4/c1-6-21-13(19)17-11-10-8-9-16(5,15(10,3)4)12(11)18-14(20)22-7-2/h10-12H,6-9H2,1-5H3,(H,17,19)(H,18,20)/t10-,11+,12-,16+/m1/s1. The van der Waals surface area contributed by atoms with Crippen molar-refractivity contribution in [2.24, 2.45) is 16.7 Å². The van der Waals surface area contributed by atoms with Gasteiger partial charge in [0, 0.05) is 0 Å². The zero-order chi connectivity index (χ0) is 16.5. The van der Waals surface area contributed by atoms with Crippen molar-refractivity contribution < 1.29 is 19.1 Å². The van der Waals surface area contributed by atoms with Gasteiger partial charge < -0.3 is 20.1 Å². The van der Waals surface area contributed by atoms with Crippen LogP contribution in [0, 0.1) is 16.7 Å². The number of hydrogen-bond acceptors (Lipinski definition) is 4. The molecule has 2 aliphatic carbocycles. The number of ether oxygens (including phenoxy) is 2. The summed E-state index contributed by atoms with van der Waals surface area (Å²) in [6, 6.07) is -0.276. The molecule has 2 rings (SSSR count). The zero-order valence-electron chi connectivity index (χ0n) is 14.2. The minimum absolute atomic E-state index is 0.0291. The Labute approximate surface area is 132 Å². The van der Waals surface area contributed by atoms with Gasteiger partial charge in [-0.15, -0.1) is 0 Å². The molecule has 0 saturated heterocycles. The second-order valence-corrected chi connectivity index (χ2v) is 7.02. The van der Waals surface area contributed by atoms with Crippen LogP contribution in [0.15, 0.2) is 0 Å². The largest absolute Gasteiger partial charge is 0.450 e. The van der Waals surface area contributed by atoms with Crippen LogP contribution in [-0.4, -0.2) is 37.5 Å². The zero-order valence-corrected chi connectivity index (χ0v) is 14.2. The van der Waals surface area contributed by atoms with E-state index < -0.39 is 12.2 Å². The molecule has 6 nitrogen and oxygen atoms in total. The van der Waals surface area contributed by atoms with E-state index in [0.717, 1.165) is 12.8 Å². The highest BCUT2D eigenvalue weighted by Crippen LogP contribution is 2.65. The Balaban J connectivity index is 2.21. The summed E-state index contributed by atoms with van der Waals surface area (Å²) >= 11 is 0. The number of carbonyl (C=O) groups is 2. The van der Waals surface area contributed by atoms with Crippen molar-refractivity contribution in [3.63, 3.8) is 0 Å². The van der Waals surface area contributed by atoms with Crippen molar-refractivity contribution in [1.82, 2.24) is 10.6 Å². The van der Waals surface area contributed by atoms with Crippen molar-refractivity contribution in [2.45, 2.75) is 59.5 Å². The van der Waals surface area contributed by atoms with Crippen LogP contribution in [-0.2, 0) is 9.47 Å². The fraction of sp³-hybridized carbons (Fsp3) is 0.875. The van der Waals surface area contributed by atoms with E-state index in [1.54, 1.807) is 13.8 Å². The predicted octanol–water partition coefficient (Wildman–Crippen LogP) is 2.67. The first-order chi connectivity index (χ1) is 10.3. The van der Waals surface area contributed by atoms with Gasteiger partial charge in [-0.05, 0) is 43.4 Å². The monoisotopic (exact) mass is 312 g/mol. The lowest BCUT2D eigenvalue weighted by molar-refractivity contribution is 0.0992. The summed E-state index contributed by atoms with van der Waals surface area (Å²) in [6.07, 6.45) is 1.23. The highest BCUT2D eigenvalue weighted by Gasteiger charge is 2.67.